The summed E-state index contributed by atoms with van der Waals surface area (Å²) in [4.78, 5) is 155. The number of anilines is 4. The number of hydrogen-bond donors (Lipinski definition) is 17. The van der Waals surface area contributed by atoms with Gasteiger partial charge >= 0.3 is 35.5 Å². The molecule has 0 fully saturated rings. The van der Waals surface area contributed by atoms with E-state index in [1.54, 1.807) is 120 Å². The Labute approximate surface area is 756 Å². The quantitative estimate of drug-likeness (QED) is 0.0270. The molecule has 10 amide bonds. The van der Waals surface area contributed by atoms with Gasteiger partial charge < -0.3 is 108 Å². The van der Waals surface area contributed by atoms with Crippen LogP contribution in [0.25, 0.3) is 0 Å². The van der Waals surface area contributed by atoms with E-state index < -0.39 is 103 Å². The van der Waals surface area contributed by atoms with E-state index in [0.29, 0.717) is 32.8 Å². The Bertz CT molecular complexity index is 3640. The number of nitrogens with one attached hydrogen (secondary N) is 9. The number of rotatable bonds is 26. The fraction of sp³-hybridized carbons (Fsp3) is 0.345. The smallest absolute Gasteiger partial charge is 0.545 e. The second-order valence-electron chi connectivity index (χ2n) is 19.4. The van der Waals surface area contributed by atoms with Crippen molar-refractivity contribution < 1.29 is 133 Å². The Morgan fingerprint density at radius 3 is 0.990 bits per heavy atom. The van der Waals surface area contributed by atoms with Gasteiger partial charge in [-0.2, -0.15) is 0 Å². The molecule has 0 bridgehead atoms. The minimum absolute atomic E-state index is 0. The SMILES string of the molecule is CNC(=O)c1c(I)c(C(=O)NCC(=O)Nc2c(I)c(C(=O)O)c(I)c(C(=O)NCCO)c2I)c(I)c(N(C)C(C)=O)c1I.CNC(=O)c1c(I)c(C(=O)NCC(=O)Nc2c(I)c(C(=O)[O-])c(I)c(C(=O)NCCO)c2I)c(I)c(N(C)C(C)=O)c1I.CNCC(O)C(O)C(O)C(O)CO.[Na+]. The van der Waals surface area contributed by atoms with E-state index in [0.717, 1.165) is 0 Å². The Hall–Kier alpha value is -0.0400. The van der Waals surface area contributed by atoms with Crippen molar-refractivity contribution in [3.63, 3.8) is 0 Å². The number of carboxylic acids is 2. The van der Waals surface area contributed by atoms with Crippen molar-refractivity contribution in [2.24, 2.45) is 0 Å². The third kappa shape index (κ3) is 25.3. The minimum atomic E-state index is -1.56. The first-order valence-electron chi connectivity index (χ1n) is 27.2. The maximum absolute atomic E-state index is 13.4. The van der Waals surface area contributed by atoms with Gasteiger partial charge in [-0.25, -0.2) is 4.79 Å². The largest absolute Gasteiger partial charge is 1.00 e. The first-order chi connectivity index (χ1) is 46.1. The first kappa shape index (κ1) is 98.0. The van der Waals surface area contributed by atoms with Crippen LogP contribution in [-0.4, -0.2) is 224 Å². The van der Waals surface area contributed by atoms with Crippen LogP contribution in [-0.2, 0) is 19.2 Å². The molecule has 0 aliphatic heterocycles. The number of carbonyl (C=O) groups is 12. The van der Waals surface area contributed by atoms with E-state index in [9.17, 15) is 72.9 Å². The van der Waals surface area contributed by atoms with Crippen molar-refractivity contribution in [2.75, 3.05) is 108 Å². The zero-order chi connectivity index (χ0) is 76.3. The minimum Gasteiger partial charge on any atom is -0.545 e. The number of likely N-dealkylation sites (N-methyl/N-ethyl adjacent to an activating group) is 1. The van der Waals surface area contributed by atoms with Gasteiger partial charge in [0.25, 0.3) is 35.4 Å². The fourth-order valence-electron chi connectivity index (χ4n) is 7.84. The Kier molecular flexibility index (Phi) is 45.5. The molecule has 4 unspecified atom stereocenters. The summed E-state index contributed by atoms with van der Waals surface area (Å²) in [5.41, 5.74) is 0.846. The predicted molar refractivity (Wildman–Crippen MR) is 460 cm³/mol. The number of amides is 10. The molecule has 17 N–H and O–H groups in total. The van der Waals surface area contributed by atoms with Crippen molar-refractivity contribution in [3.05, 3.63) is 87.3 Å². The fourth-order valence-corrected chi connectivity index (χ4v) is 26.3. The van der Waals surface area contributed by atoms with Gasteiger partial charge in [0.2, 0.25) is 23.6 Å². The van der Waals surface area contributed by atoms with Gasteiger partial charge in [0.1, 0.15) is 18.3 Å². The Balaban J connectivity index is 0.000000841. The Morgan fingerprint density at radius 1 is 0.420 bits per heavy atom. The number of hydrogen-bond acceptors (Lipinski definition) is 21. The third-order valence-corrected chi connectivity index (χ3v) is 25.8. The molecule has 100 heavy (non-hydrogen) atoms. The number of aliphatic hydroxyl groups is 7. The number of halogens is 12. The van der Waals surface area contributed by atoms with Gasteiger partial charge in [-0.15, -0.1) is 0 Å². The van der Waals surface area contributed by atoms with E-state index in [2.05, 4.69) is 47.9 Å². The maximum atomic E-state index is 13.4. The van der Waals surface area contributed by atoms with Crippen molar-refractivity contribution in [3.8, 4) is 0 Å². The van der Waals surface area contributed by atoms with Crippen LogP contribution in [0.1, 0.15) is 96.7 Å². The van der Waals surface area contributed by atoms with Crippen LogP contribution in [0.3, 0.4) is 0 Å². The Morgan fingerprint density at radius 2 is 0.700 bits per heavy atom. The van der Waals surface area contributed by atoms with Crippen molar-refractivity contribution >= 4 is 365 Å². The summed E-state index contributed by atoms with van der Waals surface area (Å²) in [6, 6.07) is 0. The molecule has 0 spiro atoms. The van der Waals surface area contributed by atoms with Crippen LogP contribution in [0.4, 0.5) is 22.7 Å². The van der Waals surface area contributed by atoms with Crippen molar-refractivity contribution in [2.45, 2.75) is 38.3 Å². The maximum Gasteiger partial charge on any atom is 1.00 e. The molecule has 0 radical (unpaired) electrons. The zero-order valence-electron chi connectivity index (χ0n) is 52.8. The van der Waals surface area contributed by atoms with Crippen LogP contribution >= 0.6 is 271 Å². The zero-order valence-corrected chi connectivity index (χ0v) is 80.7. The van der Waals surface area contributed by atoms with E-state index in [1.807, 2.05) is 158 Å². The number of carbonyl (C=O) groups excluding carboxylic acids is 11. The van der Waals surface area contributed by atoms with Crippen LogP contribution in [0.15, 0.2) is 0 Å². The van der Waals surface area contributed by atoms with Crippen molar-refractivity contribution in [1.29, 1.82) is 0 Å². The molecule has 0 heterocycles. The number of carboxylic acid groups (broad SMARTS) is 2. The van der Waals surface area contributed by atoms with Crippen LogP contribution in [0, 0.1) is 42.8 Å². The molecule has 0 aliphatic carbocycles. The monoisotopic (exact) mass is 2750 g/mol. The van der Waals surface area contributed by atoms with Crippen LogP contribution in [0.2, 0.25) is 0 Å². The summed E-state index contributed by atoms with van der Waals surface area (Å²) in [6.07, 6.45) is -5.65. The summed E-state index contributed by atoms with van der Waals surface area (Å²) in [7, 11) is 7.49. The average Bonchev–Trinajstić information content (AvgIpc) is 0.785. The van der Waals surface area contributed by atoms with E-state index in [4.69, 9.17) is 30.6 Å². The summed E-state index contributed by atoms with van der Waals surface area (Å²) in [6.45, 7) is 0.213. The molecule has 4 aromatic rings. The van der Waals surface area contributed by atoms with Gasteiger partial charge in [-0.1, -0.05) is 0 Å². The molecule has 4 aromatic carbocycles. The number of nitrogens with zero attached hydrogens (tertiary/aromatic N) is 2. The summed E-state index contributed by atoms with van der Waals surface area (Å²) < 4.78 is 3.35. The molecule has 4 atom stereocenters. The second kappa shape index (κ2) is 46.5. The van der Waals surface area contributed by atoms with E-state index >= 15 is 0 Å². The molecular formula is C55H58I12N11NaO21. The molecule has 0 saturated carbocycles. The molecular weight excluding hydrogens is 2700 g/mol. The number of aromatic carboxylic acids is 2. The van der Waals surface area contributed by atoms with Crippen molar-refractivity contribution in [1.82, 2.24) is 37.2 Å². The van der Waals surface area contributed by atoms with Gasteiger partial charge in [0.15, 0.2) is 0 Å². The normalized spacial score (nSPS) is 11.8. The molecule has 0 aliphatic rings. The summed E-state index contributed by atoms with van der Waals surface area (Å²) in [5.74, 6) is -8.60. The van der Waals surface area contributed by atoms with Crippen LogP contribution < -0.4 is 92.3 Å². The average molecular weight is 2750 g/mol. The first-order valence-corrected chi connectivity index (χ1v) is 40.2. The standard InChI is InChI=1S/2C24H21I6N5O8.C7H17NO5.Na/c2*1-7(37)35(3)20-17(29)10(21(39)31-2)13(25)11(18(20)30)23(41)33-6-8(38)34-19-15(27)9(22(40)32-4-5-36)14(26)12(16(19)28)24(42)43;1-8-2-4(10)6(12)7(13)5(11)3-9;/h2*36H,4-6H2,1-3H3,(H,31,39)(H,32,40)(H,33,41)(H,34,38)(H,42,43);4-13H,2-3H2,1H3;/q;;;+1/p-1. The summed E-state index contributed by atoms with van der Waals surface area (Å²) >= 11 is 22.0. The molecule has 4 rings (SSSR count). The predicted octanol–water partition coefficient (Wildman–Crippen LogP) is -0.798. The third-order valence-electron chi connectivity index (χ3n) is 13.0. The molecule has 544 valence electrons. The topological polar surface area (TPSA) is 504 Å². The summed E-state index contributed by atoms with van der Waals surface area (Å²) in [5, 5.41) is 108. The molecule has 45 heteroatoms. The van der Waals surface area contributed by atoms with Gasteiger partial charge in [0.05, 0.1) is 132 Å². The van der Waals surface area contributed by atoms with Crippen LogP contribution in [0.5, 0.6) is 0 Å². The van der Waals surface area contributed by atoms with E-state index in [-0.39, 0.29) is 152 Å². The number of benzene rings is 4. The van der Waals surface area contributed by atoms with Gasteiger partial charge in [-0.05, 0) is 278 Å². The molecule has 32 nitrogen and oxygen atoms in total. The molecule has 0 aromatic heterocycles. The molecule has 0 saturated heterocycles. The van der Waals surface area contributed by atoms with Gasteiger partial charge in [-0.3, -0.25) is 47.9 Å². The van der Waals surface area contributed by atoms with E-state index in [1.165, 1.54) is 51.8 Å². The van der Waals surface area contributed by atoms with Gasteiger partial charge in [0, 0.05) is 85.1 Å². The second-order valence-corrected chi connectivity index (χ2v) is 32.3. The number of aliphatic hydroxyl groups excluding tert-OH is 7.